The summed E-state index contributed by atoms with van der Waals surface area (Å²) in [4.78, 5) is 295. The van der Waals surface area contributed by atoms with Crippen LogP contribution < -0.4 is 97.0 Å². The maximum atomic E-state index is 14.9. The van der Waals surface area contributed by atoms with Gasteiger partial charge in [-0.3, -0.25) is 106 Å². The number of carboxylic acids is 3. The van der Waals surface area contributed by atoms with E-state index in [1.807, 2.05) is 0 Å². The molecule has 718 valence electrons. The summed E-state index contributed by atoms with van der Waals surface area (Å²) in [5.74, 6) is -27.4. The minimum Gasteiger partial charge on any atom is -0.508 e. The Kier molecular flexibility index (Phi) is 45.1. The van der Waals surface area contributed by atoms with Gasteiger partial charge in [0.25, 0.3) is 5.91 Å². The summed E-state index contributed by atoms with van der Waals surface area (Å²) >= 11 is 16.5. The second-order valence-electron chi connectivity index (χ2n) is 30.3. The third-order valence-corrected chi connectivity index (χ3v) is 22.0. The summed E-state index contributed by atoms with van der Waals surface area (Å²) in [6.07, 6.45) is -3.36. The maximum Gasteiger partial charge on any atom is 0.305 e. The summed E-state index contributed by atoms with van der Waals surface area (Å²) < 4.78 is 0. The molecule has 0 spiro atoms. The average Bonchev–Trinajstić information content (AvgIpc) is 1.72. The van der Waals surface area contributed by atoms with Gasteiger partial charge in [0.1, 0.15) is 96.4 Å². The minimum atomic E-state index is -2.15. The van der Waals surface area contributed by atoms with Crippen molar-refractivity contribution in [2.24, 2.45) is 23.1 Å². The van der Waals surface area contributed by atoms with Gasteiger partial charge in [0.15, 0.2) is 5.96 Å². The number of phenols is 1. The van der Waals surface area contributed by atoms with E-state index in [2.05, 4.69) is 140 Å². The molecule has 2 aliphatic heterocycles. The van der Waals surface area contributed by atoms with Gasteiger partial charge in [-0.25, -0.2) is 4.98 Å². The molecule has 1 aromatic heterocycles. The molecule has 2 aromatic carbocycles. The molecule has 3 heterocycles. The Bertz CT molecular complexity index is 4590. The number of amides is 18. The number of nitrogens with one attached hydrogen (secondary N) is 17. The number of aliphatic hydroxyl groups is 1. The van der Waals surface area contributed by atoms with Crippen molar-refractivity contribution in [1.29, 1.82) is 5.41 Å². The lowest BCUT2D eigenvalue weighted by atomic mass is 9.97. The molecule has 49 nitrogen and oxygen atoms in total. The quantitative estimate of drug-likeness (QED) is 0.0108. The van der Waals surface area contributed by atoms with Crippen molar-refractivity contribution in [3.8, 4) is 5.75 Å². The summed E-state index contributed by atoms with van der Waals surface area (Å²) in [5, 5.41) is 93.5. The molecular formula is C78H111N23O26S4. The molecule has 16 atom stereocenters. The zero-order chi connectivity index (χ0) is 97.5. The van der Waals surface area contributed by atoms with Gasteiger partial charge < -0.3 is 137 Å². The van der Waals surface area contributed by atoms with Gasteiger partial charge in [-0.2, -0.15) is 50.5 Å². The van der Waals surface area contributed by atoms with Crippen LogP contribution >= 0.6 is 50.5 Å². The zero-order valence-corrected chi connectivity index (χ0v) is 74.6. The van der Waals surface area contributed by atoms with E-state index in [-0.39, 0.29) is 98.7 Å². The number of phenolic OH excluding ortho intramolecular Hbond substituents is 1. The number of benzene rings is 2. The summed E-state index contributed by atoms with van der Waals surface area (Å²) in [5.41, 5.74) is 17.1. The number of thiol groups is 4. The molecule has 2 aliphatic rings. The Balaban J connectivity index is 1.34. The van der Waals surface area contributed by atoms with E-state index in [1.54, 1.807) is 32.0 Å². The van der Waals surface area contributed by atoms with Crippen LogP contribution in [-0.4, -0.2) is 322 Å². The second-order valence-corrected chi connectivity index (χ2v) is 31.8. The fourth-order valence-corrected chi connectivity index (χ4v) is 14.5. The normalized spacial score (nSPS) is 16.5. The number of imidazole rings is 1. The number of aliphatic carboxylic acids is 3. The highest BCUT2D eigenvalue weighted by Crippen LogP contribution is 2.24. The lowest BCUT2D eigenvalue weighted by Crippen LogP contribution is -2.62. The SMILES string of the molecule is CC[C@H](C)[C@H](NC(=O)[C@H](CCC(=O)O)NC(=O)[C@@H]1CCCN1C(=O)[C@H](Cc1cnc[nH]1)NC(=O)[C@H](CC(=O)O)NC(=O)[C@H](Cc1ccc(O)cc1)NC(=O)[C@H](CC(N)=O)NC(=O)[C@H](CS)NC(=O)[C@H](CCCNC(=N)N)NC(=O)[C@@H]1CCCN1C(=O)[C@H](CC(=O)O)NC(=O)[C@H](CO)NC(=O)[C@H](CS)NC(=O)[C@H](CS)NC(=O)CNC(=O)c1ccccc1)C(=O)N[C@@H](CS)C(N)=O. The standard InChI is InChI=1S/C78H111N23O26S4/c1-3-37(2)61(75(125)96-50(32-128)62(80)112)99-65(115)43(19-20-58(106)107)89-74(124)55-14-8-22-100(55)76(126)47(25-40-29-83-36-86-40)93-68(118)46(27-59(108)109)92-66(116)44(24-38-15-17-41(103)18-16-38)90-67(117)45(26-56(79)104)91-71(121)52(34-130)97-64(114)42(12-7-21-84-78(81)82)88-73(123)54-13-9-23-101(54)77(127)48(28-60(110)111)94-69(119)49(31-102)95-72(122)53(35-131)98-70(120)51(33-129)87-57(105)30-85-63(113)39-10-5-4-6-11-39/h4-6,10-11,15-18,29,36-37,42-55,61,102-103,128-131H,3,7-9,12-14,19-28,30-35H2,1-2H3,(H2,79,104)(H2,80,112)(H,83,86)(H,85,113)(H,87,105)(H,88,123)(H,89,124)(H,90,117)(H,91,121)(H,92,116)(H,93,118)(H,94,119)(H,95,122)(H,96,125)(H,97,114)(H,98,120)(H,99,115)(H,106,107)(H,108,109)(H,110,111)(H4,81,82,84)/t37-,42-,43-,44-,45-,46-,47-,48-,49-,50-,51-,52-,53-,54-,55-,61-/m0/s1. The molecule has 28 N–H and O–H groups in total. The number of nitrogens with two attached hydrogens (primary N) is 3. The summed E-state index contributed by atoms with van der Waals surface area (Å²) in [6.45, 7) is 0.983. The third-order valence-electron chi connectivity index (χ3n) is 20.6. The van der Waals surface area contributed by atoms with Crippen molar-refractivity contribution in [3.05, 3.63) is 83.9 Å². The molecular weight excluding hydrogens is 1800 g/mol. The first-order valence-electron chi connectivity index (χ1n) is 41.1. The molecule has 0 aliphatic carbocycles. The van der Waals surface area contributed by atoms with Gasteiger partial charge in [0.2, 0.25) is 100 Å². The van der Waals surface area contributed by atoms with Crippen LogP contribution in [0.25, 0.3) is 0 Å². The van der Waals surface area contributed by atoms with Crippen LogP contribution in [-0.2, 0) is 109 Å². The van der Waals surface area contributed by atoms with Gasteiger partial charge in [-0.05, 0) is 80.7 Å². The van der Waals surface area contributed by atoms with Crippen molar-refractivity contribution in [1.82, 2.24) is 99.5 Å². The largest absolute Gasteiger partial charge is 0.508 e. The van der Waals surface area contributed by atoms with Crippen LogP contribution in [0.1, 0.15) is 113 Å². The topological polar surface area (TPSA) is 777 Å². The van der Waals surface area contributed by atoms with Gasteiger partial charge in [-0.1, -0.05) is 50.6 Å². The highest BCUT2D eigenvalue weighted by atomic mass is 32.1. The van der Waals surface area contributed by atoms with Crippen LogP contribution in [0.15, 0.2) is 67.1 Å². The van der Waals surface area contributed by atoms with Crippen molar-refractivity contribution < 1.29 is 126 Å². The number of aromatic nitrogens is 2. The van der Waals surface area contributed by atoms with Gasteiger partial charge >= 0.3 is 17.9 Å². The number of H-pyrrole nitrogens is 1. The maximum absolute atomic E-state index is 14.9. The molecule has 5 rings (SSSR count). The first kappa shape index (κ1) is 108. The Labute approximate surface area is 770 Å². The van der Waals surface area contributed by atoms with Crippen molar-refractivity contribution in [2.75, 3.05) is 55.8 Å². The molecule has 0 unspecified atom stereocenters. The summed E-state index contributed by atoms with van der Waals surface area (Å²) in [7, 11) is 0. The molecule has 0 saturated carbocycles. The number of aliphatic hydroxyl groups excluding tert-OH is 1. The lowest BCUT2D eigenvalue weighted by Gasteiger charge is -2.31. The second kappa shape index (κ2) is 54.4. The monoisotopic (exact) mass is 1910 g/mol. The highest BCUT2D eigenvalue weighted by molar-refractivity contribution is 7.80. The van der Waals surface area contributed by atoms with E-state index in [0.29, 0.717) is 0 Å². The predicted octanol–water partition coefficient (Wildman–Crippen LogP) is -9.19. The number of carbonyl (C=O) groups excluding carboxylic acids is 18. The first-order chi connectivity index (χ1) is 62.1. The Morgan fingerprint density at radius 2 is 0.939 bits per heavy atom. The van der Waals surface area contributed by atoms with E-state index < -0.39 is 296 Å². The summed E-state index contributed by atoms with van der Waals surface area (Å²) in [6, 6.07) is -12.8. The smallest absolute Gasteiger partial charge is 0.305 e. The molecule has 2 saturated heterocycles. The average molecular weight is 1920 g/mol. The number of carboxylic acid groups (broad SMARTS) is 3. The van der Waals surface area contributed by atoms with Crippen LogP contribution in [0, 0.1) is 11.3 Å². The number of primary amides is 2. The van der Waals surface area contributed by atoms with Crippen LogP contribution in [0.4, 0.5) is 0 Å². The number of aromatic hydroxyl groups is 1. The van der Waals surface area contributed by atoms with Crippen LogP contribution in [0.2, 0.25) is 0 Å². The molecule has 0 radical (unpaired) electrons. The number of likely N-dealkylation sites (tertiary alicyclic amines) is 2. The highest BCUT2D eigenvalue weighted by Gasteiger charge is 2.45. The van der Waals surface area contributed by atoms with Crippen LogP contribution in [0.5, 0.6) is 5.75 Å². The van der Waals surface area contributed by atoms with E-state index in [4.69, 9.17) is 22.6 Å². The first-order valence-corrected chi connectivity index (χ1v) is 43.6. The van der Waals surface area contributed by atoms with Crippen LogP contribution in [0.3, 0.4) is 0 Å². The number of carbonyl (C=O) groups is 21. The van der Waals surface area contributed by atoms with Gasteiger partial charge in [0.05, 0.1) is 38.7 Å². The Hall–Kier alpha value is -13.1. The number of rotatable bonds is 55. The molecule has 18 amide bonds. The van der Waals surface area contributed by atoms with E-state index in [0.717, 1.165) is 9.80 Å². The fraction of sp³-hybridized carbons (Fsp3) is 0.526. The third kappa shape index (κ3) is 35.4. The van der Waals surface area contributed by atoms with Gasteiger partial charge in [-0.15, -0.1) is 0 Å². The molecule has 53 heteroatoms. The number of hydrogen-bond acceptors (Lipinski definition) is 29. The Morgan fingerprint density at radius 1 is 0.496 bits per heavy atom. The predicted molar refractivity (Wildman–Crippen MR) is 473 cm³/mol. The molecule has 2 fully saturated rings. The molecule has 3 aromatic rings. The zero-order valence-electron chi connectivity index (χ0n) is 71.0. The lowest BCUT2D eigenvalue weighted by molar-refractivity contribution is -0.146. The van der Waals surface area contributed by atoms with Crippen molar-refractivity contribution in [3.63, 3.8) is 0 Å². The van der Waals surface area contributed by atoms with Crippen molar-refractivity contribution in [2.45, 2.75) is 194 Å². The van der Waals surface area contributed by atoms with E-state index in [1.165, 1.54) is 48.9 Å². The van der Waals surface area contributed by atoms with E-state index in [9.17, 15) is 126 Å². The van der Waals surface area contributed by atoms with Crippen molar-refractivity contribution >= 4 is 181 Å². The number of nitrogens with zero attached hydrogens (tertiary/aromatic N) is 3. The molecule has 0 bridgehead atoms. The Morgan fingerprint density at radius 3 is 1.43 bits per heavy atom. The number of guanidine groups is 1. The number of hydrogen-bond donors (Lipinski definition) is 29. The van der Waals surface area contributed by atoms with E-state index >= 15 is 0 Å². The minimum absolute atomic E-state index is 0.0629. The molecule has 131 heavy (non-hydrogen) atoms. The van der Waals surface area contributed by atoms with Gasteiger partial charge in [0, 0.05) is 79.4 Å². The number of aromatic amines is 1. The fourth-order valence-electron chi connectivity index (χ4n) is 13.4.